The summed E-state index contributed by atoms with van der Waals surface area (Å²) in [5, 5.41) is 9.93. The highest BCUT2D eigenvalue weighted by Crippen LogP contribution is 2.26. The van der Waals surface area contributed by atoms with Gasteiger partial charge in [-0.25, -0.2) is 0 Å². The number of morpholine rings is 1. The van der Waals surface area contributed by atoms with E-state index in [9.17, 15) is 5.11 Å². The van der Waals surface area contributed by atoms with Gasteiger partial charge in [0.15, 0.2) is 5.96 Å². The molecular weight excluding hydrogens is 401 g/mol. The summed E-state index contributed by atoms with van der Waals surface area (Å²) in [6, 6.07) is 3.57. The van der Waals surface area contributed by atoms with Gasteiger partial charge in [0.25, 0.3) is 0 Å². The molecule has 108 valence electrons. The topological polar surface area (TPSA) is 71.1 Å². The maximum Gasteiger partial charge on any atom is 0.191 e. The zero-order valence-electron chi connectivity index (χ0n) is 10.3. The Morgan fingerprint density at radius 1 is 1.53 bits per heavy atom. The van der Waals surface area contributed by atoms with E-state index >= 15 is 0 Å². The number of nitrogens with two attached hydrogens (primary N) is 1. The minimum absolute atomic E-state index is 0. The van der Waals surface area contributed by atoms with Crippen molar-refractivity contribution in [1.29, 1.82) is 0 Å². The van der Waals surface area contributed by atoms with E-state index in [2.05, 4.69) is 4.99 Å². The van der Waals surface area contributed by atoms with Crippen LogP contribution in [0.1, 0.15) is 11.0 Å². The zero-order chi connectivity index (χ0) is 13.0. The lowest BCUT2D eigenvalue weighted by atomic mass is 10.3. The zero-order valence-corrected chi connectivity index (χ0v) is 14.2. The Balaban J connectivity index is 0.00000180. The Bertz CT molecular complexity index is 424. The molecule has 0 saturated carbocycles. The smallest absolute Gasteiger partial charge is 0.191 e. The number of halogens is 2. The summed E-state index contributed by atoms with van der Waals surface area (Å²) in [7, 11) is 0. The van der Waals surface area contributed by atoms with E-state index in [4.69, 9.17) is 22.1 Å². The highest BCUT2D eigenvalue weighted by atomic mass is 127. The number of nitrogens with zero attached hydrogens (tertiary/aromatic N) is 2. The summed E-state index contributed by atoms with van der Waals surface area (Å²) in [6.07, 6.45) is -0.651. The number of hydrogen-bond acceptors (Lipinski definition) is 4. The minimum atomic E-state index is -0.651. The maximum atomic E-state index is 9.93. The maximum absolute atomic E-state index is 9.93. The number of aliphatic hydroxyl groups excluding tert-OH is 1. The van der Waals surface area contributed by atoms with Crippen LogP contribution < -0.4 is 5.73 Å². The first kappa shape index (κ1) is 17.0. The van der Waals surface area contributed by atoms with Gasteiger partial charge in [-0.15, -0.1) is 35.3 Å². The van der Waals surface area contributed by atoms with Crippen LogP contribution in [0.4, 0.5) is 0 Å². The third-order valence-corrected chi connectivity index (χ3v) is 4.02. The van der Waals surface area contributed by atoms with Crippen LogP contribution >= 0.6 is 46.9 Å². The first-order valence-corrected chi connectivity index (χ1v) is 6.92. The predicted octanol–water partition coefficient (Wildman–Crippen LogP) is 1.70. The number of ether oxygens (including phenoxy) is 1. The number of aliphatic hydroxyl groups is 1. The summed E-state index contributed by atoms with van der Waals surface area (Å²) in [5.74, 6) is 0.458. The van der Waals surface area contributed by atoms with Crippen molar-refractivity contribution in [3.63, 3.8) is 0 Å². The van der Waals surface area contributed by atoms with Crippen molar-refractivity contribution < 1.29 is 9.84 Å². The fourth-order valence-electron chi connectivity index (χ4n) is 1.67. The Kier molecular flexibility index (Phi) is 7.37. The molecule has 0 spiro atoms. The normalized spacial score (nSPS) is 18.0. The molecule has 1 aliphatic rings. The second-order valence-electron chi connectivity index (χ2n) is 3.96. The molecule has 1 unspecified atom stereocenters. The monoisotopic (exact) mass is 417 g/mol. The van der Waals surface area contributed by atoms with Crippen LogP contribution in [0.5, 0.6) is 0 Å². The van der Waals surface area contributed by atoms with Crippen LogP contribution in [0.2, 0.25) is 4.34 Å². The van der Waals surface area contributed by atoms with E-state index in [1.807, 2.05) is 4.90 Å². The van der Waals surface area contributed by atoms with E-state index in [1.165, 1.54) is 11.3 Å². The Morgan fingerprint density at radius 2 is 2.21 bits per heavy atom. The van der Waals surface area contributed by atoms with E-state index in [1.54, 1.807) is 12.1 Å². The summed E-state index contributed by atoms with van der Waals surface area (Å²) in [5.41, 5.74) is 5.87. The predicted molar refractivity (Wildman–Crippen MR) is 88.6 cm³/mol. The lowest BCUT2D eigenvalue weighted by molar-refractivity contribution is 0.0672. The minimum Gasteiger partial charge on any atom is -0.386 e. The molecular formula is C11H17ClIN3O2S. The number of thiophene rings is 1. The molecule has 0 amide bonds. The molecule has 1 aromatic heterocycles. The SMILES string of the molecule is I.NC(=NCC(O)c1ccc(Cl)s1)N1CCOCC1. The molecule has 0 aromatic carbocycles. The van der Waals surface area contributed by atoms with Crippen LogP contribution in [0, 0.1) is 0 Å². The van der Waals surface area contributed by atoms with Gasteiger partial charge in [0.2, 0.25) is 0 Å². The molecule has 19 heavy (non-hydrogen) atoms. The van der Waals surface area contributed by atoms with Crippen molar-refractivity contribution >= 4 is 52.9 Å². The number of guanidine groups is 1. The number of rotatable bonds is 3. The lowest BCUT2D eigenvalue weighted by Crippen LogP contribution is -2.45. The van der Waals surface area contributed by atoms with Crippen molar-refractivity contribution in [3.8, 4) is 0 Å². The molecule has 2 rings (SSSR count). The third kappa shape index (κ3) is 5.07. The molecule has 8 heteroatoms. The molecule has 2 heterocycles. The number of hydrogen-bond donors (Lipinski definition) is 2. The van der Waals surface area contributed by atoms with E-state index in [0.717, 1.165) is 18.0 Å². The van der Waals surface area contributed by atoms with Crippen LogP contribution in [0.3, 0.4) is 0 Å². The van der Waals surface area contributed by atoms with E-state index < -0.39 is 6.10 Å². The molecule has 5 nitrogen and oxygen atoms in total. The molecule has 1 atom stereocenters. The van der Waals surface area contributed by atoms with Gasteiger partial charge in [0.05, 0.1) is 24.1 Å². The van der Waals surface area contributed by atoms with E-state index in [0.29, 0.717) is 23.5 Å². The van der Waals surface area contributed by atoms with Crippen LogP contribution in [-0.2, 0) is 4.74 Å². The fraction of sp³-hybridized carbons (Fsp3) is 0.545. The molecule has 3 N–H and O–H groups in total. The van der Waals surface area contributed by atoms with Gasteiger partial charge in [-0.2, -0.15) is 0 Å². The first-order valence-electron chi connectivity index (χ1n) is 5.72. The molecule has 1 fully saturated rings. The van der Waals surface area contributed by atoms with Crippen LogP contribution in [-0.4, -0.2) is 48.8 Å². The summed E-state index contributed by atoms with van der Waals surface area (Å²) in [6.45, 7) is 3.07. The van der Waals surface area contributed by atoms with Crippen molar-refractivity contribution in [2.24, 2.45) is 10.7 Å². The Hall–Kier alpha value is -0.0900. The van der Waals surface area contributed by atoms with Gasteiger partial charge in [-0.1, -0.05) is 11.6 Å². The molecule has 1 aromatic rings. The van der Waals surface area contributed by atoms with Gasteiger partial charge in [0, 0.05) is 18.0 Å². The highest BCUT2D eigenvalue weighted by molar-refractivity contribution is 14.0. The Labute approximate surface area is 138 Å². The van der Waals surface area contributed by atoms with Crippen molar-refractivity contribution in [3.05, 3.63) is 21.3 Å². The molecule has 0 aliphatic carbocycles. The van der Waals surface area contributed by atoms with Gasteiger partial charge in [-0.05, 0) is 12.1 Å². The molecule has 0 bridgehead atoms. The summed E-state index contributed by atoms with van der Waals surface area (Å²) < 4.78 is 5.89. The van der Waals surface area contributed by atoms with Crippen molar-refractivity contribution in [2.45, 2.75) is 6.10 Å². The fourth-order valence-corrected chi connectivity index (χ4v) is 2.71. The quantitative estimate of drug-likeness (QED) is 0.446. The summed E-state index contributed by atoms with van der Waals surface area (Å²) in [4.78, 5) is 6.97. The molecule has 1 aliphatic heterocycles. The van der Waals surface area contributed by atoms with Crippen molar-refractivity contribution in [1.82, 2.24) is 4.90 Å². The molecule has 1 saturated heterocycles. The summed E-state index contributed by atoms with van der Waals surface area (Å²) >= 11 is 7.17. The largest absolute Gasteiger partial charge is 0.386 e. The highest BCUT2D eigenvalue weighted by Gasteiger charge is 2.14. The second-order valence-corrected chi connectivity index (χ2v) is 5.70. The lowest BCUT2D eigenvalue weighted by Gasteiger charge is -2.27. The second kappa shape index (κ2) is 8.25. The van der Waals surface area contributed by atoms with E-state index in [-0.39, 0.29) is 30.5 Å². The van der Waals surface area contributed by atoms with Gasteiger partial charge in [-0.3, -0.25) is 4.99 Å². The van der Waals surface area contributed by atoms with Gasteiger partial charge >= 0.3 is 0 Å². The number of aliphatic imine (C=N–C) groups is 1. The average molecular weight is 418 g/mol. The van der Waals surface area contributed by atoms with Gasteiger partial charge < -0.3 is 20.5 Å². The standard InChI is InChI=1S/C11H16ClN3O2S.HI/c12-10-2-1-9(18-10)8(16)7-14-11(13)15-3-5-17-6-4-15;/h1-2,8,16H,3-7H2,(H2,13,14);1H. The Morgan fingerprint density at radius 3 is 2.79 bits per heavy atom. The van der Waals surface area contributed by atoms with Crippen LogP contribution in [0.25, 0.3) is 0 Å². The van der Waals surface area contributed by atoms with Crippen LogP contribution in [0.15, 0.2) is 17.1 Å². The molecule has 0 radical (unpaired) electrons. The first-order chi connectivity index (χ1) is 8.66. The van der Waals surface area contributed by atoms with Crippen molar-refractivity contribution in [2.75, 3.05) is 32.8 Å². The van der Waals surface area contributed by atoms with Gasteiger partial charge in [0.1, 0.15) is 6.10 Å². The third-order valence-electron chi connectivity index (χ3n) is 2.68. The average Bonchev–Trinajstić information content (AvgIpc) is 2.83.